The van der Waals surface area contributed by atoms with Crippen LogP contribution in [0.1, 0.15) is 38.5 Å². The van der Waals surface area contributed by atoms with E-state index in [1.807, 2.05) is 6.07 Å². The number of para-hydroxylation sites is 1. The van der Waals surface area contributed by atoms with Gasteiger partial charge in [-0.1, -0.05) is 49.6 Å². The monoisotopic (exact) mass is 356 g/mol. The molecule has 1 heterocycles. The topological polar surface area (TPSA) is 87.8 Å². The van der Waals surface area contributed by atoms with Gasteiger partial charge >= 0.3 is 0 Å². The average molecular weight is 356 g/mol. The van der Waals surface area contributed by atoms with Crippen molar-refractivity contribution in [3.63, 3.8) is 0 Å². The van der Waals surface area contributed by atoms with Crippen molar-refractivity contribution < 1.29 is 4.79 Å². The number of nitrogens with zero attached hydrogens (tertiary/aromatic N) is 3. The molecule has 3 rings (SSSR count). The van der Waals surface area contributed by atoms with Gasteiger partial charge < -0.3 is 0 Å². The maximum Gasteiger partial charge on any atom is 0.281 e. The fourth-order valence-electron chi connectivity index (χ4n) is 3.22. The van der Waals surface area contributed by atoms with Gasteiger partial charge in [0.15, 0.2) is 5.16 Å². The standard InChI is InChI=1S/C18H20N4O2S/c19-11-12-25-18-20-15-8-4-3-7-14(15)17(24)22(18)21-16(23)10-9-13-5-1-2-6-13/h3-4,7-8,13H,1-2,5-6,9-10,12H2,(H,21,23). The Bertz CT molecular complexity index is 865. The lowest BCUT2D eigenvalue weighted by molar-refractivity contribution is -0.117. The van der Waals surface area contributed by atoms with E-state index in [1.54, 1.807) is 24.3 Å². The second kappa shape index (κ2) is 8.17. The van der Waals surface area contributed by atoms with Crippen molar-refractivity contribution in [3.8, 4) is 6.07 Å². The van der Waals surface area contributed by atoms with E-state index in [9.17, 15) is 9.59 Å². The van der Waals surface area contributed by atoms with E-state index >= 15 is 0 Å². The van der Waals surface area contributed by atoms with Crippen LogP contribution >= 0.6 is 11.8 Å². The lowest BCUT2D eigenvalue weighted by Crippen LogP contribution is -2.35. The molecule has 1 fully saturated rings. The summed E-state index contributed by atoms with van der Waals surface area (Å²) in [5, 5.41) is 9.59. The van der Waals surface area contributed by atoms with E-state index in [2.05, 4.69) is 10.4 Å². The summed E-state index contributed by atoms with van der Waals surface area (Å²) in [6.07, 6.45) is 6.11. The number of hydrogen-bond donors (Lipinski definition) is 1. The van der Waals surface area contributed by atoms with Crippen molar-refractivity contribution in [2.45, 2.75) is 43.7 Å². The molecule has 2 aromatic rings. The minimum Gasteiger partial charge on any atom is -0.273 e. The lowest BCUT2D eigenvalue weighted by Gasteiger charge is -2.14. The number of nitrogens with one attached hydrogen (secondary N) is 1. The maximum atomic E-state index is 12.7. The third-order valence-electron chi connectivity index (χ3n) is 4.50. The molecule has 0 saturated heterocycles. The second-order valence-corrected chi connectivity index (χ2v) is 7.17. The molecule has 1 N–H and O–H groups in total. The van der Waals surface area contributed by atoms with Crippen molar-refractivity contribution >= 4 is 28.6 Å². The Hall–Kier alpha value is -2.33. The molecule has 7 heteroatoms. The van der Waals surface area contributed by atoms with E-state index in [0.29, 0.717) is 28.4 Å². The summed E-state index contributed by atoms with van der Waals surface area (Å²) in [6, 6.07) is 9.02. The Morgan fingerprint density at radius 2 is 2.12 bits per heavy atom. The third-order valence-corrected chi connectivity index (χ3v) is 5.31. The summed E-state index contributed by atoms with van der Waals surface area (Å²) in [7, 11) is 0. The summed E-state index contributed by atoms with van der Waals surface area (Å²) in [5.41, 5.74) is 2.92. The van der Waals surface area contributed by atoms with Crippen molar-refractivity contribution in [3.05, 3.63) is 34.6 Å². The fourth-order valence-corrected chi connectivity index (χ4v) is 3.83. The summed E-state index contributed by atoms with van der Waals surface area (Å²) in [6.45, 7) is 0. The van der Waals surface area contributed by atoms with Crippen molar-refractivity contribution in [2.24, 2.45) is 5.92 Å². The average Bonchev–Trinajstić information content (AvgIpc) is 3.14. The molecule has 1 aromatic heterocycles. The van der Waals surface area contributed by atoms with Crippen molar-refractivity contribution in [1.82, 2.24) is 9.66 Å². The number of benzene rings is 1. The van der Waals surface area contributed by atoms with Gasteiger partial charge in [-0.2, -0.15) is 9.94 Å². The van der Waals surface area contributed by atoms with E-state index in [-0.39, 0.29) is 17.2 Å². The molecule has 1 aliphatic rings. The molecule has 1 aromatic carbocycles. The fraction of sp³-hybridized carbons (Fsp3) is 0.444. The number of hydrogen-bond acceptors (Lipinski definition) is 5. The smallest absolute Gasteiger partial charge is 0.273 e. The molecule has 6 nitrogen and oxygen atoms in total. The molecule has 0 bridgehead atoms. The first kappa shape index (κ1) is 17.5. The summed E-state index contributed by atoms with van der Waals surface area (Å²) < 4.78 is 1.18. The van der Waals surface area contributed by atoms with E-state index < -0.39 is 0 Å². The summed E-state index contributed by atoms with van der Waals surface area (Å²) in [4.78, 5) is 29.5. The van der Waals surface area contributed by atoms with Crippen LogP contribution in [-0.2, 0) is 4.79 Å². The van der Waals surface area contributed by atoms with Crippen LogP contribution in [0.5, 0.6) is 0 Å². The quantitative estimate of drug-likeness (QED) is 0.635. The Balaban J connectivity index is 1.82. The molecule has 1 aliphatic carbocycles. The van der Waals surface area contributed by atoms with Crippen LogP contribution in [0, 0.1) is 17.2 Å². The molecule has 1 saturated carbocycles. The van der Waals surface area contributed by atoms with Gasteiger partial charge in [-0.05, 0) is 24.5 Å². The van der Waals surface area contributed by atoms with E-state index in [0.717, 1.165) is 18.2 Å². The van der Waals surface area contributed by atoms with E-state index in [1.165, 1.54) is 30.4 Å². The minimum absolute atomic E-state index is 0.155. The van der Waals surface area contributed by atoms with E-state index in [4.69, 9.17) is 5.26 Å². The number of fused-ring (bicyclic) bond motifs is 1. The SMILES string of the molecule is N#CCSc1nc2ccccc2c(=O)n1NC(=O)CCC1CCCC1. The highest BCUT2D eigenvalue weighted by Gasteiger charge is 2.18. The Morgan fingerprint density at radius 3 is 2.88 bits per heavy atom. The zero-order chi connectivity index (χ0) is 17.6. The van der Waals surface area contributed by atoms with Crippen LogP contribution in [0.3, 0.4) is 0 Å². The predicted molar refractivity (Wildman–Crippen MR) is 97.9 cm³/mol. The van der Waals surface area contributed by atoms with Crippen molar-refractivity contribution in [2.75, 3.05) is 11.2 Å². The van der Waals surface area contributed by atoms with Crippen LogP contribution < -0.4 is 11.0 Å². The van der Waals surface area contributed by atoms with Gasteiger partial charge in [-0.15, -0.1) is 0 Å². The van der Waals surface area contributed by atoms with Crippen LogP contribution in [0.2, 0.25) is 0 Å². The highest BCUT2D eigenvalue weighted by atomic mass is 32.2. The molecule has 0 unspecified atom stereocenters. The summed E-state index contributed by atoms with van der Waals surface area (Å²) >= 11 is 1.14. The highest BCUT2D eigenvalue weighted by Crippen LogP contribution is 2.28. The van der Waals surface area contributed by atoms with Gasteiger partial charge in [0.05, 0.1) is 22.7 Å². The molecule has 0 aliphatic heterocycles. The molecular weight excluding hydrogens is 336 g/mol. The van der Waals surface area contributed by atoms with Crippen LogP contribution in [0.25, 0.3) is 10.9 Å². The Labute approximate surface area is 150 Å². The number of aromatic nitrogens is 2. The van der Waals surface area contributed by atoms with Crippen LogP contribution in [0.4, 0.5) is 0 Å². The predicted octanol–water partition coefficient (Wildman–Crippen LogP) is 3.05. The Kier molecular flexibility index (Phi) is 5.71. The van der Waals surface area contributed by atoms with Gasteiger partial charge in [-0.3, -0.25) is 15.0 Å². The van der Waals surface area contributed by atoms with Crippen molar-refractivity contribution in [1.29, 1.82) is 5.26 Å². The number of carbonyl (C=O) groups excluding carboxylic acids is 1. The largest absolute Gasteiger partial charge is 0.281 e. The maximum absolute atomic E-state index is 12.7. The first-order valence-electron chi connectivity index (χ1n) is 8.50. The third kappa shape index (κ3) is 4.20. The zero-order valence-electron chi connectivity index (χ0n) is 13.9. The number of rotatable bonds is 6. The van der Waals surface area contributed by atoms with Gasteiger partial charge in [0.1, 0.15) is 0 Å². The normalized spacial score (nSPS) is 14.5. The number of amides is 1. The second-order valence-electron chi connectivity index (χ2n) is 6.22. The van der Waals surface area contributed by atoms with Gasteiger partial charge in [-0.25, -0.2) is 4.98 Å². The molecule has 25 heavy (non-hydrogen) atoms. The summed E-state index contributed by atoms with van der Waals surface area (Å²) in [5.74, 6) is 0.581. The molecular formula is C18H20N4O2S. The van der Waals surface area contributed by atoms with Crippen LogP contribution in [-0.4, -0.2) is 21.3 Å². The van der Waals surface area contributed by atoms with Gasteiger partial charge in [0.2, 0.25) is 5.91 Å². The molecule has 130 valence electrons. The van der Waals surface area contributed by atoms with Gasteiger partial charge in [0, 0.05) is 6.42 Å². The minimum atomic E-state index is -0.319. The molecule has 0 radical (unpaired) electrons. The molecule has 1 amide bonds. The molecule has 0 atom stereocenters. The number of nitriles is 1. The zero-order valence-corrected chi connectivity index (χ0v) is 14.7. The number of thioether (sulfide) groups is 1. The van der Waals surface area contributed by atoms with Crippen LogP contribution in [0.15, 0.2) is 34.2 Å². The molecule has 0 spiro atoms. The first-order valence-corrected chi connectivity index (χ1v) is 9.49. The highest BCUT2D eigenvalue weighted by molar-refractivity contribution is 7.99. The first-order chi connectivity index (χ1) is 12.2. The lowest BCUT2D eigenvalue weighted by atomic mass is 10.0. The van der Waals surface area contributed by atoms with Gasteiger partial charge in [0.25, 0.3) is 5.56 Å². The Morgan fingerprint density at radius 1 is 1.36 bits per heavy atom. The number of carbonyl (C=O) groups is 1.